The Balaban J connectivity index is 2.54. The monoisotopic (exact) mass is 193 g/mol. The Morgan fingerprint density at radius 1 is 1.69 bits per heavy atom. The maximum atomic E-state index is 8.32. The zero-order chi connectivity index (χ0) is 9.52. The van der Waals surface area contributed by atoms with E-state index in [1.807, 2.05) is 12.2 Å². The van der Waals surface area contributed by atoms with Gasteiger partial charge in [0.1, 0.15) is 0 Å². The van der Waals surface area contributed by atoms with E-state index < -0.39 is 0 Å². The van der Waals surface area contributed by atoms with Crippen LogP contribution in [0.15, 0.2) is 17.5 Å². The molecule has 3 heteroatoms. The molecule has 0 fully saturated rings. The van der Waals surface area contributed by atoms with Crippen LogP contribution >= 0.6 is 11.3 Å². The van der Waals surface area contributed by atoms with Crippen LogP contribution in [0.2, 0.25) is 0 Å². The quantitative estimate of drug-likeness (QED) is 0.736. The second-order valence-electron chi connectivity index (χ2n) is 2.54. The highest BCUT2D eigenvalue weighted by molar-refractivity contribution is 7.10. The molecule has 2 nitrogen and oxygen atoms in total. The lowest BCUT2D eigenvalue weighted by Gasteiger charge is -1.89. The Morgan fingerprint density at radius 3 is 3.23 bits per heavy atom. The molecule has 0 saturated carbocycles. The minimum absolute atomic E-state index is 0.468. The van der Waals surface area contributed by atoms with Crippen molar-refractivity contribution in [3.63, 3.8) is 0 Å². The summed E-state index contributed by atoms with van der Waals surface area (Å²) in [5, 5.41) is 10.4. The second kappa shape index (κ2) is 5.52. The lowest BCUT2D eigenvalue weighted by molar-refractivity contribution is 0.187. The average Bonchev–Trinajstić information content (AvgIpc) is 2.54. The molecule has 0 N–H and O–H groups in total. The summed E-state index contributed by atoms with van der Waals surface area (Å²) < 4.78 is 5.00. The molecule has 0 saturated heterocycles. The summed E-state index contributed by atoms with van der Waals surface area (Å²) in [4.78, 5) is 1.21. The van der Waals surface area contributed by atoms with E-state index in [9.17, 15) is 0 Å². The fourth-order valence-electron chi connectivity index (χ4n) is 0.951. The smallest absolute Gasteiger partial charge is 0.0805 e. The number of thiophene rings is 1. The van der Waals surface area contributed by atoms with E-state index in [4.69, 9.17) is 10.00 Å². The van der Waals surface area contributed by atoms with E-state index in [1.54, 1.807) is 18.4 Å². The van der Waals surface area contributed by atoms with Gasteiger partial charge in [0.25, 0.3) is 0 Å². The number of allylic oxidation sites excluding steroid dienone is 1. The van der Waals surface area contributed by atoms with Crippen molar-refractivity contribution in [1.29, 1.82) is 5.26 Å². The van der Waals surface area contributed by atoms with Gasteiger partial charge in [0.2, 0.25) is 0 Å². The largest absolute Gasteiger partial charge is 0.379 e. The van der Waals surface area contributed by atoms with Crippen LogP contribution in [0.3, 0.4) is 0 Å². The first-order chi connectivity index (χ1) is 6.36. The molecule has 13 heavy (non-hydrogen) atoms. The zero-order valence-corrected chi connectivity index (χ0v) is 8.30. The molecule has 0 spiro atoms. The van der Waals surface area contributed by atoms with E-state index in [1.165, 1.54) is 4.88 Å². The summed E-state index contributed by atoms with van der Waals surface area (Å²) in [5.74, 6) is 0. The van der Waals surface area contributed by atoms with E-state index in [0.29, 0.717) is 13.0 Å². The van der Waals surface area contributed by atoms with Gasteiger partial charge < -0.3 is 4.74 Å². The number of rotatable bonds is 4. The summed E-state index contributed by atoms with van der Waals surface area (Å²) >= 11 is 1.67. The number of hydrogen-bond donors (Lipinski definition) is 0. The third-order valence-corrected chi connectivity index (χ3v) is 2.41. The van der Waals surface area contributed by atoms with Gasteiger partial charge in [-0.15, -0.1) is 11.3 Å². The van der Waals surface area contributed by atoms with E-state index in [-0.39, 0.29) is 0 Å². The third-order valence-electron chi connectivity index (χ3n) is 1.48. The zero-order valence-electron chi connectivity index (χ0n) is 7.49. The standard InChI is InChI=1S/C10H11NOS/c1-12-7-10-6-9(8-13-10)4-2-3-5-11/h2,4,6,8H,3,7H2,1H3. The molecule has 0 aliphatic rings. The molecule has 0 radical (unpaired) electrons. The molecular formula is C10H11NOS. The second-order valence-corrected chi connectivity index (χ2v) is 3.54. The minimum atomic E-state index is 0.468. The van der Waals surface area contributed by atoms with Gasteiger partial charge >= 0.3 is 0 Å². The summed E-state index contributed by atoms with van der Waals surface area (Å²) in [5.41, 5.74) is 1.15. The first kappa shape index (κ1) is 9.97. The van der Waals surface area contributed by atoms with Crippen molar-refractivity contribution in [2.24, 2.45) is 0 Å². The number of hydrogen-bond acceptors (Lipinski definition) is 3. The van der Waals surface area contributed by atoms with Crippen molar-refractivity contribution in [3.8, 4) is 6.07 Å². The van der Waals surface area contributed by atoms with Gasteiger partial charge in [0, 0.05) is 12.0 Å². The number of nitriles is 1. The maximum Gasteiger partial charge on any atom is 0.0805 e. The third kappa shape index (κ3) is 3.41. The summed E-state index contributed by atoms with van der Waals surface area (Å²) in [6, 6.07) is 4.13. The Hall–Kier alpha value is -1.11. The fraction of sp³-hybridized carbons (Fsp3) is 0.300. The van der Waals surface area contributed by atoms with E-state index >= 15 is 0 Å². The number of ether oxygens (including phenoxy) is 1. The number of nitrogens with zero attached hydrogens (tertiary/aromatic N) is 1. The van der Waals surface area contributed by atoms with Crippen LogP contribution < -0.4 is 0 Å². The average molecular weight is 193 g/mol. The van der Waals surface area contributed by atoms with Crippen molar-refractivity contribution in [1.82, 2.24) is 0 Å². The highest BCUT2D eigenvalue weighted by atomic mass is 32.1. The van der Waals surface area contributed by atoms with Crippen LogP contribution in [0, 0.1) is 11.3 Å². The van der Waals surface area contributed by atoms with Crippen LogP contribution in [-0.4, -0.2) is 7.11 Å². The van der Waals surface area contributed by atoms with Crippen molar-refractivity contribution < 1.29 is 4.74 Å². The first-order valence-corrected chi connectivity index (χ1v) is 4.84. The highest BCUT2D eigenvalue weighted by Crippen LogP contribution is 2.16. The molecule has 1 rings (SSSR count). The van der Waals surface area contributed by atoms with Gasteiger partial charge in [-0.3, -0.25) is 0 Å². The van der Waals surface area contributed by atoms with Crippen LogP contribution in [0.25, 0.3) is 6.08 Å². The SMILES string of the molecule is COCc1cc(C=CCC#N)cs1. The molecule has 0 aliphatic heterocycles. The molecule has 68 valence electrons. The summed E-state index contributed by atoms with van der Waals surface area (Å²) in [6.45, 7) is 0.663. The first-order valence-electron chi connectivity index (χ1n) is 3.96. The van der Waals surface area contributed by atoms with E-state index in [0.717, 1.165) is 5.56 Å². The summed E-state index contributed by atoms with van der Waals surface area (Å²) in [7, 11) is 1.69. The van der Waals surface area contributed by atoms with Crippen molar-refractivity contribution >= 4 is 17.4 Å². The number of methoxy groups -OCH3 is 1. The molecule has 0 atom stereocenters. The van der Waals surface area contributed by atoms with Gasteiger partial charge in [-0.1, -0.05) is 12.2 Å². The molecule has 1 heterocycles. The van der Waals surface area contributed by atoms with Gasteiger partial charge in [-0.2, -0.15) is 5.26 Å². The van der Waals surface area contributed by atoms with Gasteiger partial charge in [-0.05, 0) is 17.0 Å². The van der Waals surface area contributed by atoms with E-state index in [2.05, 4.69) is 17.5 Å². The maximum absolute atomic E-state index is 8.32. The van der Waals surface area contributed by atoms with Crippen LogP contribution in [0.4, 0.5) is 0 Å². The van der Waals surface area contributed by atoms with Gasteiger partial charge in [0.15, 0.2) is 0 Å². The lowest BCUT2D eigenvalue weighted by Crippen LogP contribution is -1.80. The molecule has 0 amide bonds. The molecule has 0 bridgehead atoms. The summed E-state index contributed by atoms with van der Waals surface area (Å²) in [6.07, 6.45) is 4.28. The Bertz CT molecular complexity index is 322. The predicted molar refractivity (Wildman–Crippen MR) is 54.3 cm³/mol. The van der Waals surface area contributed by atoms with Crippen molar-refractivity contribution in [3.05, 3.63) is 28.0 Å². The highest BCUT2D eigenvalue weighted by Gasteiger charge is 1.95. The van der Waals surface area contributed by atoms with Crippen LogP contribution in [-0.2, 0) is 11.3 Å². The fourth-order valence-corrected chi connectivity index (χ4v) is 1.77. The molecule has 1 aromatic heterocycles. The van der Waals surface area contributed by atoms with Crippen molar-refractivity contribution in [2.45, 2.75) is 13.0 Å². The Kier molecular flexibility index (Phi) is 4.24. The minimum Gasteiger partial charge on any atom is -0.379 e. The lowest BCUT2D eigenvalue weighted by atomic mass is 10.2. The van der Waals surface area contributed by atoms with Crippen LogP contribution in [0.5, 0.6) is 0 Å². The van der Waals surface area contributed by atoms with Crippen LogP contribution in [0.1, 0.15) is 16.9 Å². The normalized spacial score (nSPS) is 10.5. The predicted octanol–water partition coefficient (Wildman–Crippen LogP) is 2.82. The van der Waals surface area contributed by atoms with Gasteiger partial charge in [0.05, 0.1) is 19.1 Å². The topological polar surface area (TPSA) is 33.0 Å². The molecule has 1 aromatic rings. The van der Waals surface area contributed by atoms with Gasteiger partial charge in [-0.25, -0.2) is 0 Å². The molecule has 0 unspecified atom stereocenters. The molecular weight excluding hydrogens is 182 g/mol. The Morgan fingerprint density at radius 2 is 2.54 bits per heavy atom. The Labute approximate surface area is 82.1 Å². The van der Waals surface area contributed by atoms with Crippen molar-refractivity contribution in [2.75, 3.05) is 7.11 Å². The molecule has 0 aliphatic carbocycles. The molecule has 0 aromatic carbocycles.